The highest BCUT2D eigenvalue weighted by atomic mass is 19.1. The molecule has 2 aromatic rings. The molecule has 2 aliphatic rings. The quantitative estimate of drug-likeness (QED) is 0.858. The number of piperidine rings is 1. The Balaban J connectivity index is 1.38. The van der Waals surface area contributed by atoms with Gasteiger partial charge in [-0.25, -0.2) is 9.07 Å². The largest absolute Gasteiger partial charge is 0.389 e. The maximum absolute atomic E-state index is 13.2. The Labute approximate surface area is 169 Å². The van der Waals surface area contributed by atoms with E-state index in [1.807, 2.05) is 11.0 Å². The smallest absolute Gasteiger partial charge is 0.225 e. The second kappa shape index (κ2) is 8.06. The molecule has 1 aromatic heterocycles. The summed E-state index contributed by atoms with van der Waals surface area (Å²) in [6.45, 7) is 1.04. The molecule has 29 heavy (non-hydrogen) atoms. The van der Waals surface area contributed by atoms with Crippen LogP contribution < -0.4 is 0 Å². The average Bonchev–Trinajstić information content (AvgIpc) is 3.17. The Morgan fingerprint density at radius 1 is 1.14 bits per heavy atom. The maximum atomic E-state index is 13.2. The van der Waals surface area contributed by atoms with E-state index >= 15 is 0 Å². The van der Waals surface area contributed by atoms with Crippen LogP contribution in [0.2, 0.25) is 0 Å². The van der Waals surface area contributed by atoms with Crippen LogP contribution in [0.25, 0.3) is 5.69 Å². The lowest BCUT2D eigenvalue weighted by molar-refractivity contribution is -0.141. The number of rotatable bonds is 4. The predicted molar refractivity (Wildman–Crippen MR) is 105 cm³/mol. The van der Waals surface area contributed by atoms with Crippen LogP contribution in [0.4, 0.5) is 4.39 Å². The Hall–Kier alpha value is -2.54. The number of amides is 1. The van der Waals surface area contributed by atoms with Crippen molar-refractivity contribution in [3.8, 4) is 5.69 Å². The zero-order chi connectivity index (χ0) is 20.4. The van der Waals surface area contributed by atoms with Crippen molar-refractivity contribution in [3.63, 3.8) is 0 Å². The minimum absolute atomic E-state index is 0.0567. The van der Waals surface area contributed by atoms with Gasteiger partial charge in [0.2, 0.25) is 5.91 Å². The molecule has 1 aliphatic carbocycles. The van der Waals surface area contributed by atoms with E-state index in [1.54, 1.807) is 23.0 Å². The molecule has 1 saturated heterocycles. The molecule has 0 spiro atoms. The van der Waals surface area contributed by atoms with Crippen molar-refractivity contribution in [1.29, 1.82) is 0 Å². The topological polar surface area (TPSA) is 75.4 Å². The summed E-state index contributed by atoms with van der Waals surface area (Å²) in [5, 5.41) is 15.4. The fraction of sp³-hybridized carbons (Fsp3) is 0.500. The highest BCUT2D eigenvalue weighted by molar-refractivity contribution is 5.84. The Kier molecular flexibility index (Phi) is 5.50. The van der Waals surface area contributed by atoms with Crippen LogP contribution in [0, 0.1) is 11.7 Å². The number of Topliss-reactive ketones (excluding diaryl/α,β-unsaturated/α-hetero) is 1. The third kappa shape index (κ3) is 4.40. The number of ketones is 1. The first-order valence-corrected chi connectivity index (χ1v) is 10.3. The first-order valence-electron chi connectivity index (χ1n) is 10.3. The molecular weight excluding hydrogens is 373 g/mol. The van der Waals surface area contributed by atoms with E-state index in [1.165, 1.54) is 12.1 Å². The summed E-state index contributed by atoms with van der Waals surface area (Å²) in [7, 11) is 0. The Bertz CT molecular complexity index is 875. The number of benzene rings is 1. The van der Waals surface area contributed by atoms with Gasteiger partial charge in [-0.15, -0.1) is 0 Å². The van der Waals surface area contributed by atoms with E-state index in [2.05, 4.69) is 5.10 Å². The van der Waals surface area contributed by atoms with E-state index in [4.69, 9.17) is 0 Å². The van der Waals surface area contributed by atoms with Crippen LogP contribution in [0.3, 0.4) is 0 Å². The summed E-state index contributed by atoms with van der Waals surface area (Å²) in [5.41, 5.74) is 0.691. The number of aromatic nitrogens is 2. The van der Waals surface area contributed by atoms with Gasteiger partial charge in [0, 0.05) is 50.2 Å². The highest BCUT2D eigenvalue weighted by Gasteiger charge is 2.37. The fourth-order valence-corrected chi connectivity index (χ4v) is 4.38. The summed E-state index contributed by atoms with van der Waals surface area (Å²) in [6, 6.07) is 7.95. The third-order valence-corrected chi connectivity index (χ3v) is 6.20. The number of halogens is 1. The summed E-state index contributed by atoms with van der Waals surface area (Å²) < 4.78 is 14.9. The van der Waals surface area contributed by atoms with Crippen LogP contribution in [-0.4, -0.2) is 50.2 Å². The van der Waals surface area contributed by atoms with Crippen LogP contribution in [-0.2, 0) is 16.0 Å². The van der Waals surface area contributed by atoms with Crippen LogP contribution >= 0.6 is 0 Å². The molecular formula is C22H26FN3O3. The first kappa shape index (κ1) is 19.8. The molecule has 1 amide bonds. The molecule has 0 radical (unpaired) electrons. The molecule has 0 atom stereocenters. The van der Waals surface area contributed by atoms with Gasteiger partial charge < -0.3 is 10.0 Å². The van der Waals surface area contributed by atoms with Gasteiger partial charge in [-0.2, -0.15) is 5.10 Å². The number of aliphatic hydroxyl groups is 1. The Morgan fingerprint density at radius 3 is 2.45 bits per heavy atom. The lowest BCUT2D eigenvalue weighted by Crippen LogP contribution is -2.49. The minimum atomic E-state index is -0.906. The standard InChI is InChI=1S/C22H26FN3O3/c23-17-3-5-18(6-4-17)26-19(9-12-24-26)15-22(29)10-13-25(14-11-22)21(28)16-1-7-20(27)8-2-16/h3-6,9,12,16,29H,1-2,7-8,10-11,13-15H2. The lowest BCUT2D eigenvalue weighted by Gasteiger charge is -2.40. The normalized spacial score (nSPS) is 20.1. The van der Waals surface area contributed by atoms with Crippen molar-refractivity contribution in [2.75, 3.05) is 13.1 Å². The molecule has 1 saturated carbocycles. The van der Waals surface area contributed by atoms with E-state index in [0.29, 0.717) is 58.0 Å². The summed E-state index contributed by atoms with van der Waals surface area (Å²) in [6.07, 6.45) is 5.39. The van der Waals surface area contributed by atoms with Crippen molar-refractivity contribution >= 4 is 11.7 Å². The monoisotopic (exact) mass is 399 g/mol. The number of likely N-dealkylation sites (tertiary alicyclic amines) is 1. The number of hydrogen-bond acceptors (Lipinski definition) is 4. The molecule has 1 aliphatic heterocycles. The summed E-state index contributed by atoms with van der Waals surface area (Å²) >= 11 is 0. The van der Waals surface area contributed by atoms with Gasteiger partial charge in [-0.3, -0.25) is 9.59 Å². The number of nitrogens with zero attached hydrogens (tertiary/aromatic N) is 3. The van der Waals surface area contributed by atoms with E-state index in [0.717, 1.165) is 11.4 Å². The molecule has 4 rings (SSSR count). The Morgan fingerprint density at radius 2 is 1.79 bits per heavy atom. The summed E-state index contributed by atoms with van der Waals surface area (Å²) in [5.74, 6) is 0.00926. The van der Waals surface area contributed by atoms with Crippen LogP contribution in [0.15, 0.2) is 36.5 Å². The van der Waals surface area contributed by atoms with Gasteiger partial charge >= 0.3 is 0 Å². The van der Waals surface area contributed by atoms with E-state index < -0.39 is 5.60 Å². The predicted octanol–water partition coefficient (Wildman–Crippen LogP) is 2.67. The summed E-state index contributed by atoms with van der Waals surface area (Å²) in [4.78, 5) is 26.0. The van der Waals surface area contributed by atoms with Crippen molar-refractivity contribution in [1.82, 2.24) is 14.7 Å². The maximum Gasteiger partial charge on any atom is 0.225 e. The lowest BCUT2D eigenvalue weighted by atomic mass is 9.84. The zero-order valence-electron chi connectivity index (χ0n) is 16.4. The van der Waals surface area contributed by atoms with Crippen molar-refractivity contribution in [3.05, 3.63) is 48.0 Å². The number of carbonyl (C=O) groups excluding carboxylic acids is 2. The second-order valence-corrected chi connectivity index (χ2v) is 8.25. The SMILES string of the molecule is O=C1CCC(C(=O)N2CCC(O)(Cc3ccnn3-c3ccc(F)cc3)CC2)CC1. The average molecular weight is 399 g/mol. The van der Waals surface area contributed by atoms with E-state index in [9.17, 15) is 19.1 Å². The highest BCUT2D eigenvalue weighted by Crippen LogP contribution is 2.30. The van der Waals surface area contributed by atoms with Gasteiger partial charge in [-0.05, 0) is 56.0 Å². The van der Waals surface area contributed by atoms with Crippen LogP contribution in [0.1, 0.15) is 44.2 Å². The molecule has 1 aromatic carbocycles. The van der Waals surface area contributed by atoms with Crippen molar-refractivity contribution in [2.45, 2.75) is 50.5 Å². The van der Waals surface area contributed by atoms with Gasteiger partial charge in [0.05, 0.1) is 11.3 Å². The molecule has 2 heterocycles. The number of carbonyl (C=O) groups is 2. The molecule has 7 heteroatoms. The zero-order valence-corrected chi connectivity index (χ0v) is 16.4. The molecule has 0 unspecified atom stereocenters. The van der Waals surface area contributed by atoms with Gasteiger partial charge in [-0.1, -0.05) is 0 Å². The van der Waals surface area contributed by atoms with Crippen molar-refractivity contribution < 1.29 is 19.1 Å². The third-order valence-electron chi connectivity index (χ3n) is 6.20. The van der Waals surface area contributed by atoms with Gasteiger partial charge in [0.1, 0.15) is 11.6 Å². The molecule has 6 nitrogen and oxygen atoms in total. The molecule has 2 fully saturated rings. The minimum Gasteiger partial charge on any atom is -0.389 e. The first-order chi connectivity index (χ1) is 13.9. The van der Waals surface area contributed by atoms with Gasteiger partial charge in [0.15, 0.2) is 0 Å². The van der Waals surface area contributed by atoms with Crippen LogP contribution in [0.5, 0.6) is 0 Å². The van der Waals surface area contributed by atoms with Gasteiger partial charge in [0.25, 0.3) is 0 Å². The van der Waals surface area contributed by atoms with E-state index in [-0.39, 0.29) is 23.4 Å². The molecule has 154 valence electrons. The fourth-order valence-electron chi connectivity index (χ4n) is 4.38. The number of hydrogen-bond donors (Lipinski definition) is 1. The second-order valence-electron chi connectivity index (χ2n) is 8.25. The molecule has 0 bridgehead atoms. The molecule has 1 N–H and O–H groups in total. The van der Waals surface area contributed by atoms with Crippen molar-refractivity contribution in [2.24, 2.45) is 5.92 Å².